The minimum Gasteiger partial charge on any atom is -0.444 e. The Labute approximate surface area is 252 Å². The molecule has 1 heterocycles. The molecule has 1 unspecified atom stereocenters. The van der Waals surface area contributed by atoms with Crippen LogP contribution in [-0.2, 0) is 28.8 Å². The third-order valence-corrected chi connectivity index (χ3v) is 6.36. The standard InChI is InChI=1S/C28H29ClF6N4O5/c1-26(2,3)44-24(42)36-21(17-5-4-6-18(13-17)27(30,31)32)12-11-20(40)14-39-25(43)38(15-22(41)28(33,34)35)23(37-39)16-7-9-19(29)10-8-16/h4-10,13,21-22,41H,11-12,14-15H2,1-3H3,(H,36,42)/t21?,22-/m0/s1. The van der Waals surface area contributed by atoms with E-state index in [2.05, 4.69) is 10.4 Å². The number of carbonyl (C=O) groups excluding carboxylic acids is 2. The number of rotatable bonds is 10. The van der Waals surface area contributed by atoms with Gasteiger partial charge in [0.15, 0.2) is 17.7 Å². The lowest BCUT2D eigenvalue weighted by Crippen LogP contribution is -2.37. The number of carbonyl (C=O) groups is 2. The van der Waals surface area contributed by atoms with Crippen LogP contribution in [0.25, 0.3) is 11.4 Å². The molecule has 16 heteroatoms. The van der Waals surface area contributed by atoms with Gasteiger partial charge in [-0.05, 0) is 69.2 Å². The van der Waals surface area contributed by atoms with Gasteiger partial charge in [-0.3, -0.25) is 9.36 Å². The first-order chi connectivity index (χ1) is 20.2. The number of ketones is 1. The lowest BCUT2D eigenvalue weighted by molar-refractivity contribution is -0.207. The second-order valence-corrected chi connectivity index (χ2v) is 11.3. The number of nitrogens with one attached hydrogen (secondary N) is 1. The Morgan fingerprint density at radius 3 is 2.25 bits per heavy atom. The Hall–Kier alpha value is -3.85. The molecule has 0 aliphatic rings. The third-order valence-electron chi connectivity index (χ3n) is 6.10. The Kier molecular flexibility index (Phi) is 10.6. The highest BCUT2D eigenvalue weighted by Crippen LogP contribution is 2.32. The summed E-state index contributed by atoms with van der Waals surface area (Å²) < 4.78 is 85.7. The summed E-state index contributed by atoms with van der Waals surface area (Å²) in [6, 6.07) is 8.60. The third kappa shape index (κ3) is 9.58. The molecule has 0 saturated carbocycles. The molecule has 2 aromatic carbocycles. The van der Waals surface area contributed by atoms with Gasteiger partial charge in [0.2, 0.25) is 0 Å². The number of nitrogens with zero attached hydrogens (tertiary/aromatic N) is 3. The Morgan fingerprint density at radius 1 is 1.05 bits per heavy atom. The largest absolute Gasteiger partial charge is 0.444 e. The van der Waals surface area contributed by atoms with Gasteiger partial charge < -0.3 is 15.2 Å². The molecule has 0 bridgehead atoms. The van der Waals surface area contributed by atoms with Gasteiger partial charge >= 0.3 is 24.1 Å². The zero-order chi connectivity index (χ0) is 33.0. The van der Waals surface area contributed by atoms with Crippen molar-refractivity contribution in [3.8, 4) is 11.4 Å². The van der Waals surface area contributed by atoms with Gasteiger partial charge in [0.1, 0.15) is 12.1 Å². The molecule has 44 heavy (non-hydrogen) atoms. The highest BCUT2D eigenvalue weighted by atomic mass is 35.5. The number of alkyl carbamates (subject to hydrolysis) is 1. The maximum Gasteiger partial charge on any atom is 0.416 e. The molecule has 2 atom stereocenters. The van der Waals surface area contributed by atoms with Crippen molar-refractivity contribution in [2.45, 2.75) is 76.8 Å². The number of Topliss-reactive ketones (excluding diaryl/α,β-unsaturated/α-hetero) is 1. The van der Waals surface area contributed by atoms with Crippen molar-refractivity contribution >= 4 is 23.5 Å². The molecule has 0 saturated heterocycles. The zero-order valence-electron chi connectivity index (χ0n) is 23.7. The number of ether oxygens (including phenoxy) is 1. The van der Waals surface area contributed by atoms with Crippen LogP contribution in [0.1, 0.15) is 50.8 Å². The Bertz CT molecular complexity index is 1530. The number of aliphatic hydroxyl groups excluding tert-OH is 1. The molecular weight excluding hydrogens is 622 g/mol. The zero-order valence-corrected chi connectivity index (χ0v) is 24.4. The predicted octanol–water partition coefficient (Wildman–Crippen LogP) is 5.92. The van der Waals surface area contributed by atoms with Gasteiger partial charge in [0.25, 0.3) is 0 Å². The highest BCUT2D eigenvalue weighted by molar-refractivity contribution is 6.30. The summed E-state index contributed by atoms with van der Waals surface area (Å²) in [6.07, 6.45) is -14.2. The van der Waals surface area contributed by atoms with Crippen molar-refractivity contribution < 1.29 is 45.8 Å². The number of halogens is 7. The van der Waals surface area contributed by atoms with Crippen LogP contribution in [0.4, 0.5) is 31.1 Å². The predicted molar refractivity (Wildman–Crippen MR) is 147 cm³/mol. The molecule has 0 aliphatic carbocycles. The molecule has 1 aromatic heterocycles. The van der Waals surface area contributed by atoms with Crippen molar-refractivity contribution in [3.63, 3.8) is 0 Å². The molecule has 0 radical (unpaired) electrons. The first-order valence-corrected chi connectivity index (χ1v) is 13.5. The van der Waals surface area contributed by atoms with Gasteiger partial charge in [0.05, 0.1) is 18.2 Å². The summed E-state index contributed by atoms with van der Waals surface area (Å²) >= 11 is 5.87. The van der Waals surface area contributed by atoms with E-state index in [0.717, 1.165) is 18.2 Å². The number of benzene rings is 2. The minimum atomic E-state index is -5.05. The molecule has 2 N–H and O–H groups in total. The minimum absolute atomic E-state index is 0.0334. The molecule has 0 spiro atoms. The molecule has 0 aliphatic heterocycles. The fraction of sp³-hybridized carbons (Fsp3) is 0.429. The summed E-state index contributed by atoms with van der Waals surface area (Å²) in [6.45, 7) is 2.83. The lowest BCUT2D eigenvalue weighted by Gasteiger charge is -2.24. The van der Waals surface area contributed by atoms with Crippen LogP contribution in [0.2, 0.25) is 5.02 Å². The van der Waals surface area contributed by atoms with Crippen molar-refractivity contribution in [1.82, 2.24) is 19.7 Å². The Balaban J connectivity index is 1.87. The number of hydrogen-bond acceptors (Lipinski definition) is 6. The molecule has 1 amide bonds. The fourth-order valence-corrected chi connectivity index (χ4v) is 4.18. The normalized spacial score (nSPS) is 13.8. The van der Waals surface area contributed by atoms with E-state index in [-0.39, 0.29) is 29.8 Å². The molecule has 9 nitrogen and oxygen atoms in total. The van der Waals surface area contributed by atoms with Gasteiger partial charge in [-0.25, -0.2) is 14.3 Å². The summed E-state index contributed by atoms with van der Waals surface area (Å²) in [5.41, 5.74) is -2.82. The van der Waals surface area contributed by atoms with Crippen LogP contribution in [-0.4, -0.2) is 49.2 Å². The smallest absolute Gasteiger partial charge is 0.416 e. The number of alkyl halides is 6. The summed E-state index contributed by atoms with van der Waals surface area (Å²) in [7, 11) is 0. The van der Waals surface area contributed by atoms with Crippen molar-refractivity contribution in [2.24, 2.45) is 0 Å². The summed E-state index contributed by atoms with van der Waals surface area (Å²) in [5.74, 6) is -0.935. The average molecular weight is 651 g/mol. The monoisotopic (exact) mass is 650 g/mol. The quantitative estimate of drug-likeness (QED) is 0.263. The van der Waals surface area contributed by atoms with E-state index in [9.17, 15) is 45.8 Å². The highest BCUT2D eigenvalue weighted by Gasteiger charge is 2.39. The van der Waals surface area contributed by atoms with Gasteiger partial charge in [-0.2, -0.15) is 26.3 Å². The van der Waals surface area contributed by atoms with Gasteiger partial charge in [-0.1, -0.05) is 23.7 Å². The van der Waals surface area contributed by atoms with E-state index in [4.69, 9.17) is 16.3 Å². The van der Waals surface area contributed by atoms with E-state index in [1.807, 2.05) is 0 Å². The number of hydrogen-bond donors (Lipinski definition) is 2. The molecule has 240 valence electrons. The topological polar surface area (TPSA) is 115 Å². The van der Waals surface area contributed by atoms with Crippen LogP contribution >= 0.6 is 11.6 Å². The van der Waals surface area contributed by atoms with Crippen molar-refractivity contribution in [1.29, 1.82) is 0 Å². The molecule has 0 fully saturated rings. The number of aliphatic hydroxyl groups is 1. The van der Waals surface area contributed by atoms with Gasteiger partial charge in [-0.15, -0.1) is 5.10 Å². The first-order valence-electron chi connectivity index (χ1n) is 13.1. The van der Waals surface area contributed by atoms with Crippen LogP contribution < -0.4 is 11.0 Å². The van der Waals surface area contributed by atoms with Crippen LogP contribution in [0, 0.1) is 0 Å². The van der Waals surface area contributed by atoms with E-state index < -0.39 is 66.3 Å². The lowest BCUT2D eigenvalue weighted by atomic mass is 9.98. The Morgan fingerprint density at radius 2 is 1.68 bits per heavy atom. The SMILES string of the molecule is CC(C)(C)OC(=O)NC(CCC(=O)Cn1nc(-c2ccc(Cl)cc2)n(C[C@H](O)C(F)(F)F)c1=O)c1cccc(C(F)(F)F)c1. The van der Waals surface area contributed by atoms with E-state index in [1.165, 1.54) is 30.3 Å². The van der Waals surface area contributed by atoms with Crippen LogP contribution in [0.15, 0.2) is 53.3 Å². The maximum absolute atomic E-state index is 13.3. The van der Waals surface area contributed by atoms with Gasteiger partial charge in [0, 0.05) is 17.0 Å². The summed E-state index contributed by atoms with van der Waals surface area (Å²) in [4.78, 5) is 38.4. The van der Waals surface area contributed by atoms with Crippen molar-refractivity contribution in [3.05, 3.63) is 75.2 Å². The van der Waals surface area contributed by atoms with Crippen LogP contribution in [0.3, 0.4) is 0 Å². The fourth-order valence-electron chi connectivity index (χ4n) is 4.05. The van der Waals surface area contributed by atoms with E-state index in [1.54, 1.807) is 20.8 Å². The molecule has 3 aromatic rings. The van der Waals surface area contributed by atoms with Crippen LogP contribution in [0.5, 0.6) is 0 Å². The van der Waals surface area contributed by atoms with Crippen molar-refractivity contribution in [2.75, 3.05) is 0 Å². The number of amides is 1. The maximum atomic E-state index is 13.3. The second-order valence-electron chi connectivity index (χ2n) is 10.8. The van der Waals surface area contributed by atoms with E-state index in [0.29, 0.717) is 14.3 Å². The molecular formula is C28H29ClF6N4O5. The van der Waals surface area contributed by atoms with E-state index >= 15 is 0 Å². The second kappa shape index (κ2) is 13.4. The summed E-state index contributed by atoms with van der Waals surface area (Å²) in [5, 5.41) is 16.4. The number of aromatic nitrogens is 3. The average Bonchev–Trinajstić information content (AvgIpc) is 3.19. The molecule has 3 rings (SSSR count). The first kappa shape index (κ1) is 34.6.